The molecule has 1 aromatic rings. The molecule has 4 nitrogen and oxygen atoms in total. The average molecular weight is 224 g/mol. The van der Waals surface area contributed by atoms with E-state index in [1.165, 1.54) is 0 Å². The van der Waals surface area contributed by atoms with Crippen molar-refractivity contribution < 1.29 is 9.53 Å². The molecular formula is C12H20N2O2. The first-order valence-electron chi connectivity index (χ1n) is 5.60. The first-order valence-corrected chi connectivity index (χ1v) is 5.60. The van der Waals surface area contributed by atoms with Gasteiger partial charge in [-0.1, -0.05) is 20.8 Å². The summed E-state index contributed by atoms with van der Waals surface area (Å²) in [7, 11) is 1.65. The smallest absolute Gasteiger partial charge is 0.153 e. The highest BCUT2D eigenvalue weighted by Crippen LogP contribution is 2.17. The maximum Gasteiger partial charge on any atom is 0.153 e. The van der Waals surface area contributed by atoms with Gasteiger partial charge in [0.2, 0.25) is 0 Å². The van der Waals surface area contributed by atoms with Gasteiger partial charge in [-0.15, -0.1) is 0 Å². The van der Waals surface area contributed by atoms with Gasteiger partial charge in [-0.3, -0.25) is 9.48 Å². The molecule has 16 heavy (non-hydrogen) atoms. The van der Waals surface area contributed by atoms with E-state index >= 15 is 0 Å². The molecule has 0 N–H and O–H groups in total. The molecule has 0 spiro atoms. The summed E-state index contributed by atoms with van der Waals surface area (Å²) >= 11 is 0. The summed E-state index contributed by atoms with van der Waals surface area (Å²) < 4.78 is 6.93. The van der Waals surface area contributed by atoms with E-state index in [0.717, 1.165) is 18.5 Å². The van der Waals surface area contributed by atoms with Gasteiger partial charge >= 0.3 is 0 Å². The van der Waals surface area contributed by atoms with E-state index in [1.807, 2.05) is 17.8 Å². The summed E-state index contributed by atoms with van der Waals surface area (Å²) in [4.78, 5) is 10.9. The van der Waals surface area contributed by atoms with Crippen molar-refractivity contribution in [3.05, 3.63) is 17.5 Å². The normalized spacial score (nSPS) is 13.1. The summed E-state index contributed by atoms with van der Waals surface area (Å²) in [6.07, 6.45) is 2.68. The third kappa shape index (κ3) is 3.17. The van der Waals surface area contributed by atoms with Crippen LogP contribution in [0.3, 0.4) is 0 Å². The Labute approximate surface area is 96.6 Å². The van der Waals surface area contributed by atoms with Gasteiger partial charge in [-0.05, 0) is 5.92 Å². The molecule has 0 saturated heterocycles. The first-order chi connectivity index (χ1) is 7.58. The molecule has 1 atom stereocenters. The van der Waals surface area contributed by atoms with Gasteiger partial charge in [0.25, 0.3) is 0 Å². The highest BCUT2D eigenvalue weighted by atomic mass is 16.5. The summed E-state index contributed by atoms with van der Waals surface area (Å²) in [6.45, 7) is 7.68. The predicted octanol–water partition coefficient (Wildman–Crippen LogP) is 2.10. The molecule has 0 radical (unpaired) electrons. The Hall–Kier alpha value is -1.16. The molecule has 0 aliphatic heterocycles. The zero-order valence-electron chi connectivity index (χ0n) is 10.4. The molecule has 1 heterocycles. The topological polar surface area (TPSA) is 44.1 Å². The van der Waals surface area contributed by atoms with Crippen LogP contribution in [-0.4, -0.2) is 29.8 Å². The van der Waals surface area contributed by atoms with Gasteiger partial charge in [0.1, 0.15) is 0 Å². The molecule has 1 aromatic heterocycles. The van der Waals surface area contributed by atoms with Crippen molar-refractivity contribution in [2.75, 3.05) is 13.7 Å². The highest BCUT2D eigenvalue weighted by molar-refractivity contribution is 5.76. The number of rotatable bonds is 6. The van der Waals surface area contributed by atoms with Crippen LogP contribution in [0.15, 0.2) is 6.20 Å². The van der Waals surface area contributed by atoms with E-state index in [2.05, 4.69) is 18.9 Å². The Bertz CT molecular complexity index is 345. The van der Waals surface area contributed by atoms with Crippen LogP contribution < -0.4 is 0 Å². The van der Waals surface area contributed by atoms with E-state index in [4.69, 9.17) is 4.74 Å². The lowest BCUT2D eigenvalue weighted by Gasteiger charge is -2.08. The second-order valence-corrected chi connectivity index (χ2v) is 4.56. The van der Waals surface area contributed by atoms with Crippen molar-refractivity contribution in [2.45, 2.75) is 33.2 Å². The fourth-order valence-corrected chi connectivity index (χ4v) is 1.72. The van der Waals surface area contributed by atoms with Crippen molar-refractivity contribution in [3.63, 3.8) is 0 Å². The number of aldehydes is 1. The standard InChI is InChI=1S/C12H20N2O2/c1-9(2)5-14-6-11(7-15)12(13-14)10(3)8-16-4/h6-7,9-10H,5,8H2,1-4H3. The molecule has 0 aliphatic rings. The SMILES string of the molecule is COCC(C)c1nn(CC(C)C)cc1C=O. The largest absolute Gasteiger partial charge is 0.384 e. The Morgan fingerprint density at radius 1 is 1.50 bits per heavy atom. The van der Waals surface area contributed by atoms with E-state index in [1.54, 1.807) is 7.11 Å². The maximum absolute atomic E-state index is 10.9. The summed E-state index contributed by atoms with van der Waals surface area (Å²) in [6, 6.07) is 0. The lowest BCUT2D eigenvalue weighted by molar-refractivity contribution is 0.112. The second kappa shape index (κ2) is 5.80. The Balaban J connectivity index is 2.89. The van der Waals surface area contributed by atoms with Gasteiger partial charge in [0.15, 0.2) is 6.29 Å². The number of hydrogen-bond acceptors (Lipinski definition) is 3. The quantitative estimate of drug-likeness (QED) is 0.695. The van der Waals surface area contributed by atoms with Gasteiger partial charge < -0.3 is 4.74 Å². The second-order valence-electron chi connectivity index (χ2n) is 4.56. The maximum atomic E-state index is 10.9. The molecule has 0 bridgehead atoms. The molecule has 1 rings (SSSR count). The van der Waals surface area contributed by atoms with E-state index in [-0.39, 0.29) is 5.92 Å². The molecule has 4 heteroatoms. The van der Waals surface area contributed by atoms with E-state index in [9.17, 15) is 4.79 Å². The number of aromatic nitrogens is 2. The van der Waals surface area contributed by atoms with Crippen molar-refractivity contribution in [2.24, 2.45) is 5.92 Å². The number of methoxy groups -OCH3 is 1. The molecular weight excluding hydrogens is 204 g/mol. The molecule has 0 saturated carbocycles. The molecule has 90 valence electrons. The van der Waals surface area contributed by atoms with Crippen molar-refractivity contribution in [1.29, 1.82) is 0 Å². The Kier molecular flexibility index (Phi) is 4.68. The van der Waals surface area contributed by atoms with Crippen LogP contribution in [0.25, 0.3) is 0 Å². The summed E-state index contributed by atoms with van der Waals surface area (Å²) in [5, 5.41) is 4.45. The van der Waals surface area contributed by atoms with E-state index < -0.39 is 0 Å². The van der Waals surface area contributed by atoms with Gasteiger partial charge in [0.05, 0.1) is 17.9 Å². The monoisotopic (exact) mass is 224 g/mol. The highest BCUT2D eigenvalue weighted by Gasteiger charge is 2.15. The lowest BCUT2D eigenvalue weighted by Crippen LogP contribution is -2.08. The number of nitrogens with zero attached hydrogens (tertiary/aromatic N) is 2. The van der Waals surface area contributed by atoms with Crippen LogP contribution in [0.2, 0.25) is 0 Å². The Morgan fingerprint density at radius 2 is 2.19 bits per heavy atom. The van der Waals surface area contributed by atoms with Crippen LogP contribution in [0.5, 0.6) is 0 Å². The number of ether oxygens (including phenoxy) is 1. The van der Waals surface area contributed by atoms with Crippen LogP contribution in [0.1, 0.15) is 42.7 Å². The molecule has 0 fully saturated rings. The number of carbonyl (C=O) groups excluding carboxylic acids is 1. The van der Waals surface area contributed by atoms with Gasteiger partial charge in [0, 0.05) is 25.8 Å². The average Bonchev–Trinajstić information content (AvgIpc) is 2.60. The predicted molar refractivity (Wildman–Crippen MR) is 62.7 cm³/mol. The van der Waals surface area contributed by atoms with Crippen molar-refractivity contribution >= 4 is 6.29 Å². The minimum absolute atomic E-state index is 0.151. The molecule has 0 amide bonds. The first kappa shape index (κ1) is 12.9. The Morgan fingerprint density at radius 3 is 2.69 bits per heavy atom. The van der Waals surface area contributed by atoms with Crippen molar-refractivity contribution in [3.8, 4) is 0 Å². The third-order valence-electron chi connectivity index (χ3n) is 2.38. The molecule has 0 aromatic carbocycles. The third-order valence-corrected chi connectivity index (χ3v) is 2.38. The molecule has 1 unspecified atom stereocenters. The fourth-order valence-electron chi connectivity index (χ4n) is 1.72. The zero-order valence-corrected chi connectivity index (χ0v) is 10.4. The van der Waals surface area contributed by atoms with Crippen LogP contribution in [0.4, 0.5) is 0 Å². The van der Waals surface area contributed by atoms with Gasteiger partial charge in [-0.2, -0.15) is 5.10 Å². The van der Waals surface area contributed by atoms with E-state index in [0.29, 0.717) is 18.1 Å². The van der Waals surface area contributed by atoms with Crippen LogP contribution in [-0.2, 0) is 11.3 Å². The van der Waals surface area contributed by atoms with Crippen molar-refractivity contribution in [1.82, 2.24) is 9.78 Å². The van der Waals surface area contributed by atoms with Gasteiger partial charge in [-0.25, -0.2) is 0 Å². The molecule has 0 aliphatic carbocycles. The summed E-state index contributed by atoms with van der Waals surface area (Å²) in [5.74, 6) is 0.670. The zero-order chi connectivity index (χ0) is 12.1. The fraction of sp³-hybridized carbons (Fsp3) is 0.667. The minimum atomic E-state index is 0.151. The minimum Gasteiger partial charge on any atom is -0.384 e. The number of carbonyl (C=O) groups is 1. The lowest BCUT2D eigenvalue weighted by atomic mass is 10.1. The number of hydrogen-bond donors (Lipinski definition) is 0. The van der Waals surface area contributed by atoms with Crippen LogP contribution in [0, 0.1) is 5.92 Å². The van der Waals surface area contributed by atoms with Crippen LogP contribution >= 0.6 is 0 Å². The summed E-state index contributed by atoms with van der Waals surface area (Å²) in [5.41, 5.74) is 1.50.